The molecule has 0 saturated carbocycles. The number of hydrogen-bond acceptors (Lipinski definition) is 3. The van der Waals surface area contributed by atoms with E-state index in [1.807, 2.05) is 37.3 Å². The molecule has 1 N–H and O–H groups in total. The highest BCUT2D eigenvalue weighted by Crippen LogP contribution is 2.19. The molecule has 4 nitrogen and oxygen atoms in total. The first kappa shape index (κ1) is 15.5. The molecule has 21 heavy (non-hydrogen) atoms. The summed E-state index contributed by atoms with van der Waals surface area (Å²) >= 11 is 5.97. The molecule has 0 heterocycles. The molecular formula is C16H17ClN2O2. The van der Waals surface area contributed by atoms with Crippen LogP contribution in [0.3, 0.4) is 0 Å². The van der Waals surface area contributed by atoms with E-state index in [0.717, 1.165) is 11.1 Å². The van der Waals surface area contributed by atoms with Crippen LogP contribution in [0.1, 0.15) is 24.1 Å². The first-order valence-electron chi connectivity index (χ1n) is 6.79. The van der Waals surface area contributed by atoms with E-state index in [1.165, 1.54) is 6.07 Å². The van der Waals surface area contributed by atoms with Gasteiger partial charge in [-0.25, -0.2) is 0 Å². The SMILES string of the molecule is C[C@@H](NCCc1ccccc1[N+](=O)[O-])c1cccc(Cl)c1. The normalized spacial score (nSPS) is 12.1. The average molecular weight is 305 g/mol. The smallest absolute Gasteiger partial charge is 0.272 e. The molecule has 0 spiro atoms. The maximum atomic E-state index is 10.9. The Morgan fingerprint density at radius 3 is 2.71 bits per heavy atom. The van der Waals surface area contributed by atoms with Crippen molar-refractivity contribution in [2.45, 2.75) is 19.4 Å². The summed E-state index contributed by atoms with van der Waals surface area (Å²) in [5, 5.41) is 15.0. The van der Waals surface area contributed by atoms with Gasteiger partial charge >= 0.3 is 0 Å². The summed E-state index contributed by atoms with van der Waals surface area (Å²) in [6.45, 7) is 2.71. The summed E-state index contributed by atoms with van der Waals surface area (Å²) in [6.07, 6.45) is 0.613. The number of rotatable bonds is 6. The lowest BCUT2D eigenvalue weighted by Crippen LogP contribution is -2.21. The predicted octanol–water partition coefficient (Wildman–Crippen LogP) is 4.14. The number of nitro benzene ring substituents is 1. The predicted molar refractivity (Wildman–Crippen MR) is 84.7 cm³/mol. The third kappa shape index (κ3) is 4.28. The molecule has 1 atom stereocenters. The fraction of sp³-hybridized carbons (Fsp3) is 0.250. The van der Waals surface area contributed by atoms with E-state index in [0.29, 0.717) is 18.0 Å². The van der Waals surface area contributed by atoms with Gasteiger partial charge in [-0.3, -0.25) is 10.1 Å². The molecule has 5 heteroatoms. The second-order valence-corrected chi connectivity index (χ2v) is 5.30. The van der Waals surface area contributed by atoms with Gasteiger partial charge in [-0.2, -0.15) is 0 Å². The molecule has 0 saturated heterocycles. The molecule has 2 rings (SSSR count). The molecule has 0 unspecified atom stereocenters. The van der Waals surface area contributed by atoms with Crippen LogP contribution in [0, 0.1) is 10.1 Å². The Balaban J connectivity index is 1.94. The van der Waals surface area contributed by atoms with Crippen LogP contribution in [0.4, 0.5) is 5.69 Å². The van der Waals surface area contributed by atoms with Crippen molar-refractivity contribution in [3.05, 3.63) is 74.8 Å². The number of para-hydroxylation sites is 1. The quantitative estimate of drug-likeness (QED) is 0.644. The van der Waals surface area contributed by atoms with Gasteiger partial charge in [0, 0.05) is 22.7 Å². The van der Waals surface area contributed by atoms with Gasteiger partial charge in [0.15, 0.2) is 0 Å². The monoisotopic (exact) mass is 304 g/mol. The van der Waals surface area contributed by atoms with E-state index in [2.05, 4.69) is 5.32 Å². The molecule has 0 amide bonds. The van der Waals surface area contributed by atoms with Gasteiger partial charge in [-0.1, -0.05) is 41.9 Å². The fourth-order valence-electron chi connectivity index (χ4n) is 2.22. The van der Waals surface area contributed by atoms with Crippen LogP contribution >= 0.6 is 11.6 Å². The molecule has 0 fully saturated rings. The first-order chi connectivity index (χ1) is 10.1. The zero-order valence-corrected chi connectivity index (χ0v) is 12.5. The van der Waals surface area contributed by atoms with E-state index in [9.17, 15) is 10.1 Å². The van der Waals surface area contributed by atoms with Crippen molar-refractivity contribution < 1.29 is 4.92 Å². The maximum Gasteiger partial charge on any atom is 0.272 e. The Morgan fingerprint density at radius 1 is 1.24 bits per heavy atom. The van der Waals surface area contributed by atoms with Crippen molar-refractivity contribution in [2.75, 3.05) is 6.54 Å². The first-order valence-corrected chi connectivity index (χ1v) is 7.17. The molecule has 0 aromatic heterocycles. The Labute approximate surface area is 128 Å². The van der Waals surface area contributed by atoms with Crippen LogP contribution in [-0.2, 0) is 6.42 Å². The average Bonchev–Trinajstić information content (AvgIpc) is 2.47. The van der Waals surface area contributed by atoms with E-state index >= 15 is 0 Å². The second kappa shape index (κ2) is 7.20. The summed E-state index contributed by atoms with van der Waals surface area (Å²) in [7, 11) is 0. The third-order valence-electron chi connectivity index (χ3n) is 3.38. The standard InChI is InChI=1S/C16H17ClN2O2/c1-12(14-6-4-7-15(17)11-14)18-10-9-13-5-2-3-8-16(13)19(20)21/h2-8,11-12,18H,9-10H2,1H3/t12-/m1/s1. The third-order valence-corrected chi connectivity index (χ3v) is 3.62. The van der Waals surface area contributed by atoms with Crippen molar-refractivity contribution in [3.63, 3.8) is 0 Å². The number of halogens is 1. The molecule has 2 aromatic rings. The highest BCUT2D eigenvalue weighted by atomic mass is 35.5. The Bertz CT molecular complexity index is 631. The summed E-state index contributed by atoms with van der Waals surface area (Å²) < 4.78 is 0. The summed E-state index contributed by atoms with van der Waals surface area (Å²) in [4.78, 5) is 10.6. The lowest BCUT2D eigenvalue weighted by atomic mass is 10.1. The largest absolute Gasteiger partial charge is 0.310 e. The van der Waals surface area contributed by atoms with Gasteiger partial charge in [0.05, 0.1) is 4.92 Å². The molecule has 0 aliphatic carbocycles. The second-order valence-electron chi connectivity index (χ2n) is 4.87. The van der Waals surface area contributed by atoms with E-state index in [1.54, 1.807) is 12.1 Å². The number of nitro groups is 1. The number of nitrogens with zero attached hydrogens (tertiary/aromatic N) is 1. The van der Waals surface area contributed by atoms with Gasteiger partial charge in [0.1, 0.15) is 0 Å². The molecule has 0 aliphatic rings. The van der Waals surface area contributed by atoms with Crippen molar-refractivity contribution >= 4 is 17.3 Å². The minimum absolute atomic E-state index is 0.145. The number of nitrogens with one attached hydrogen (secondary N) is 1. The van der Waals surface area contributed by atoms with Gasteiger partial charge in [-0.15, -0.1) is 0 Å². The summed E-state index contributed by atoms with van der Waals surface area (Å²) in [6, 6.07) is 14.7. The molecule has 0 bridgehead atoms. The van der Waals surface area contributed by atoms with Crippen molar-refractivity contribution in [2.24, 2.45) is 0 Å². The zero-order chi connectivity index (χ0) is 15.2. The van der Waals surface area contributed by atoms with Gasteiger partial charge in [0.2, 0.25) is 0 Å². The molecule has 0 aliphatic heterocycles. The van der Waals surface area contributed by atoms with Crippen molar-refractivity contribution in [3.8, 4) is 0 Å². The fourth-order valence-corrected chi connectivity index (χ4v) is 2.42. The zero-order valence-electron chi connectivity index (χ0n) is 11.8. The Morgan fingerprint density at radius 2 is 2.00 bits per heavy atom. The molecule has 0 radical (unpaired) electrons. The molecular weight excluding hydrogens is 288 g/mol. The van der Waals surface area contributed by atoms with Crippen LogP contribution in [0.15, 0.2) is 48.5 Å². The van der Waals surface area contributed by atoms with E-state index in [4.69, 9.17) is 11.6 Å². The van der Waals surface area contributed by atoms with Crippen LogP contribution in [0.2, 0.25) is 5.02 Å². The van der Waals surface area contributed by atoms with Gasteiger partial charge < -0.3 is 5.32 Å². The lowest BCUT2D eigenvalue weighted by molar-refractivity contribution is -0.385. The lowest BCUT2D eigenvalue weighted by Gasteiger charge is -2.14. The van der Waals surface area contributed by atoms with E-state index < -0.39 is 0 Å². The van der Waals surface area contributed by atoms with Crippen LogP contribution in [0.25, 0.3) is 0 Å². The highest BCUT2D eigenvalue weighted by Gasteiger charge is 2.12. The maximum absolute atomic E-state index is 10.9. The summed E-state index contributed by atoms with van der Waals surface area (Å²) in [5.41, 5.74) is 2.02. The van der Waals surface area contributed by atoms with Crippen molar-refractivity contribution in [1.82, 2.24) is 5.32 Å². The number of hydrogen-bond donors (Lipinski definition) is 1. The van der Waals surface area contributed by atoms with Crippen molar-refractivity contribution in [1.29, 1.82) is 0 Å². The Kier molecular flexibility index (Phi) is 5.31. The van der Waals surface area contributed by atoms with Crippen LogP contribution in [-0.4, -0.2) is 11.5 Å². The minimum Gasteiger partial charge on any atom is -0.310 e. The van der Waals surface area contributed by atoms with Crippen LogP contribution in [0.5, 0.6) is 0 Å². The molecule has 110 valence electrons. The topological polar surface area (TPSA) is 55.2 Å². The van der Waals surface area contributed by atoms with E-state index in [-0.39, 0.29) is 16.7 Å². The minimum atomic E-state index is -0.338. The molecule has 2 aromatic carbocycles. The van der Waals surface area contributed by atoms with Gasteiger partial charge in [-0.05, 0) is 37.6 Å². The summed E-state index contributed by atoms with van der Waals surface area (Å²) in [5.74, 6) is 0. The number of benzene rings is 2. The van der Waals surface area contributed by atoms with Gasteiger partial charge in [0.25, 0.3) is 5.69 Å². The highest BCUT2D eigenvalue weighted by molar-refractivity contribution is 6.30. The Hall–Kier alpha value is -1.91. The van der Waals surface area contributed by atoms with Crippen LogP contribution < -0.4 is 5.32 Å².